The molecular formula is C14H18FN3O2. The molecule has 20 heavy (non-hydrogen) atoms. The van der Waals surface area contributed by atoms with Gasteiger partial charge in [0.05, 0.1) is 11.7 Å². The van der Waals surface area contributed by atoms with E-state index in [0.717, 1.165) is 25.8 Å². The molecule has 0 saturated carbocycles. The lowest BCUT2D eigenvalue weighted by Gasteiger charge is -2.22. The molecule has 0 bridgehead atoms. The number of carbonyl (C=O) groups is 2. The van der Waals surface area contributed by atoms with E-state index in [2.05, 4.69) is 16.0 Å². The van der Waals surface area contributed by atoms with Gasteiger partial charge >= 0.3 is 0 Å². The number of anilines is 2. The minimum atomic E-state index is -0.533. The monoisotopic (exact) mass is 279 g/mol. The van der Waals surface area contributed by atoms with Crippen LogP contribution in [0.4, 0.5) is 15.8 Å². The van der Waals surface area contributed by atoms with Gasteiger partial charge in [0.15, 0.2) is 0 Å². The third kappa shape index (κ3) is 3.77. The number of amides is 2. The summed E-state index contributed by atoms with van der Waals surface area (Å²) in [5.74, 6) is -1.03. The zero-order valence-electron chi connectivity index (χ0n) is 11.3. The number of hydrogen-bond donors (Lipinski definition) is 3. The Morgan fingerprint density at radius 1 is 1.30 bits per heavy atom. The highest BCUT2D eigenvalue weighted by molar-refractivity contribution is 5.96. The first-order chi connectivity index (χ1) is 9.56. The third-order valence-electron chi connectivity index (χ3n) is 3.17. The predicted octanol–water partition coefficient (Wildman–Crippen LogP) is 1.86. The van der Waals surface area contributed by atoms with Crippen LogP contribution in [0.1, 0.15) is 26.2 Å². The van der Waals surface area contributed by atoms with Crippen molar-refractivity contribution in [2.24, 2.45) is 0 Å². The molecule has 1 saturated heterocycles. The van der Waals surface area contributed by atoms with E-state index in [-0.39, 0.29) is 23.5 Å². The number of halogens is 1. The first-order valence-corrected chi connectivity index (χ1v) is 6.67. The van der Waals surface area contributed by atoms with Crippen LogP contribution in [0.3, 0.4) is 0 Å². The molecule has 0 aliphatic carbocycles. The summed E-state index contributed by atoms with van der Waals surface area (Å²) in [5, 5.41) is 8.26. The Labute approximate surface area is 116 Å². The van der Waals surface area contributed by atoms with Gasteiger partial charge in [-0.25, -0.2) is 4.39 Å². The van der Waals surface area contributed by atoms with Gasteiger partial charge in [-0.05, 0) is 37.6 Å². The van der Waals surface area contributed by atoms with Crippen LogP contribution in [0.5, 0.6) is 0 Å². The number of rotatable bonds is 3. The largest absolute Gasteiger partial charge is 0.325 e. The number of benzene rings is 1. The maximum absolute atomic E-state index is 13.5. The standard InChI is InChI=1S/C14H18FN3O2/c1-9(19)17-13-8-10(5-6-11(13)15)18-14(20)12-4-2-3-7-16-12/h5-6,8,12,16H,2-4,7H2,1H3,(H,17,19)(H,18,20). The lowest BCUT2D eigenvalue weighted by Crippen LogP contribution is -2.43. The lowest BCUT2D eigenvalue weighted by atomic mass is 10.0. The average Bonchev–Trinajstić information content (AvgIpc) is 2.43. The Bertz CT molecular complexity index is 513. The van der Waals surface area contributed by atoms with Gasteiger partial charge in [0.2, 0.25) is 11.8 Å². The minimum absolute atomic E-state index is 0.0619. The predicted molar refractivity (Wildman–Crippen MR) is 75.0 cm³/mol. The smallest absolute Gasteiger partial charge is 0.241 e. The van der Waals surface area contributed by atoms with E-state index in [1.807, 2.05) is 0 Å². The minimum Gasteiger partial charge on any atom is -0.325 e. The molecule has 108 valence electrons. The van der Waals surface area contributed by atoms with E-state index in [1.54, 1.807) is 0 Å². The Balaban J connectivity index is 2.05. The zero-order valence-corrected chi connectivity index (χ0v) is 11.3. The lowest BCUT2D eigenvalue weighted by molar-refractivity contribution is -0.118. The fraction of sp³-hybridized carbons (Fsp3) is 0.429. The van der Waals surface area contributed by atoms with Crippen molar-refractivity contribution in [3.63, 3.8) is 0 Å². The summed E-state index contributed by atoms with van der Waals surface area (Å²) >= 11 is 0. The number of nitrogens with one attached hydrogen (secondary N) is 3. The Morgan fingerprint density at radius 2 is 2.10 bits per heavy atom. The Morgan fingerprint density at radius 3 is 2.75 bits per heavy atom. The van der Waals surface area contributed by atoms with Crippen LogP contribution in [0.2, 0.25) is 0 Å². The van der Waals surface area contributed by atoms with Gasteiger partial charge in [-0.2, -0.15) is 0 Å². The van der Waals surface area contributed by atoms with E-state index >= 15 is 0 Å². The van der Waals surface area contributed by atoms with Crippen molar-refractivity contribution in [1.29, 1.82) is 0 Å². The first kappa shape index (κ1) is 14.5. The quantitative estimate of drug-likeness (QED) is 0.791. The molecule has 5 nitrogen and oxygen atoms in total. The summed E-state index contributed by atoms with van der Waals surface area (Å²) in [4.78, 5) is 23.0. The molecule has 1 unspecified atom stereocenters. The van der Waals surface area contributed by atoms with Gasteiger partial charge in [0.25, 0.3) is 0 Å². The van der Waals surface area contributed by atoms with E-state index in [1.165, 1.54) is 25.1 Å². The molecule has 1 atom stereocenters. The first-order valence-electron chi connectivity index (χ1n) is 6.67. The number of carbonyl (C=O) groups excluding carboxylic acids is 2. The van der Waals surface area contributed by atoms with Gasteiger partial charge in [-0.15, -0.1) is 0 Å². The van der Waals surface area contributed by atoms with E-state index in [9.17, 15) is 14.0 Å². The molecule has 0 spiro atoms. The van der Waals surface area contributed by atoms with E-state index < -0.39 is 5.82 Å². The fourth-order valence-electron chi connectivity index (χ4n) is 2.19. The maximum Gasteiger partial charge on any atom is 0.241 e. The molecule has 0 radical (unpaired) electrons. The van der Waals surface area contributed by atoms with Crippen LogP contribution in [-0.4, -0.2) is 24.4 Å². The van der Waals surface area contributed by atoms with Gasteiger partial charge in [-0.3, -0.25) is 9.59 Å². The second-order valence-corrected chi connectivity index (χ2v) is 4.87. The Kier molecular flexibility index (Phi) is 4.68. The fourth-order valence-corrected chi connectivity index (χ4v) is 2.19. The highest BCUT2D eigenvalue weighted by Crippen LogP contribution is 2.20. The van der Waals surface area contributed by atoms with Gasteiger partial charge in [0.1, 0.15) is 5.82 Å². The average molecular weight is 279 g/mol. The van der Waals surface area contributed by atoms with Crippen LogP contribution >= 0.6 is 0 Å². The van der Waals surface area contributed by atoms with Crippen molar-refractivity contribution < 1.29 is 14.0 Å². The van der Waals surface area contributed by atoms with Crippen molar-refractivity contribution in [1.82, 2.24) is 5.32 Å². The van der Waals surface area contributed by atoms with Crippen molar-refractivity contribution in [2.75, 3.05) is 17.2 Å². The van der Waals surface area contributed by atoms with Crippen LogP contribution < -0.4 is 16.0 Å². The van der Waals surface area contributed by atoms with Gasteiger partial charge in [-0.1, -0.05) is 6.42 Å². The number of hydrogen-bond acceptors (Lipinski definition) is 3. The third-order valence-corrected chi connectivity index (χ3v) is 3.17. The maximum atomic E-state index is 13.5. The summed E-state index contributed by atoms with van der Waals surface area (Å²) in [7, 11) is 0. The summed E-state index contributed by atoms with van der Waals surface area (Å²) in [6.45, 7) is 2.13. The van der Waals surface area contributed by atoms with Crippen molar-refractivity contribution in [3.05, 3.63) is 24.0 Å². The summed E-state index contributed by atoms with van der Waals surface area (Å²) in [6, 6.07) is 3.90. The van der Waals surface area contributed by atoms with Crippen LogP contribution in [0.25, 0.3) is 0 Å². The summed E-state index contributed by atoms with van der Waals surface area (Å²) in [6.07, 6.45) is 2.89. The molecule has 1 heterocycles. The highest BCUT2D eigenvalue weighted by atomic mass is 19.1. The molecule has 3 N–H and O–H groups in total. The van der Waals surface area contributed by atoms with E-state index in [4.69, 9.17) is 0 Å². The molecule has 1 fully saturated rings. The SMILES string of the molecule is CC(=O)Nc1cc(NC(=O)C2CCCCN2)ccc1F. The van der Waals surface area contributed by atoms with Gasteiger partial charge < -0.3 is 16.0 Å². The molecule has 6 heteroatoms. The summed E-state index contributed by atoms with van der Waals surface area (Å²) in [5.41, 5.74) is 0.527. The van der Waals surface area contributed by atoms with Crippen molar-refractivity contribution in [3.8, 4) is 0 Å². The number of piperidine rings is 1. The Hall–Kier alpha value is -1.95. The topological polar surface area (TPSA) is 70.2 Å². The molecular weight excluding hydrogens is 261 g/mol. The van der Waals surface area contributed by atoms with Crippen LogP contribution in [0.15, 0.2) is 18.2 Å². The summed E-state index contributed by atoms with van der Waals surface area (Å²) < 4.78 is 13.5. The molecule has 2 amide bonds. The molecule has 1 aliphatic heterocycles. The second-order valence-electron chi connectivity index (χ2n) is 4.87. The van der Waals surface area contributed by atoms with Crippen LogP contribution in [-0.2, 0) is 9.59 Å². The normalized spacial score (nSPS) is 18.4. The molecule has 1 aromatic rings. The zero-order chi connectivity index (χ0) is 14.5. The van der Waals surface area contributed by atoms with Crippen molar-refractivity contribution in [2.45, 2.75) is 32.2 Å². The van der Waals surface area contributed by atoms with Gasteiger partial charge in [0, 0.05) is 12.6 Å². The molecule has 1 aromatic carbocycles. The van der Waals surface area contributed by atoms with Crippen LogP contribution in [0, 0.1) is 5.82 Å². The second kappa shape index (κ2) is 6.47. The molecule has 0 aromatic heterocycles. The molecule has 2 rings (SSSR count). The van der Waals surface area contributed by atoms with E-state index in [0.29, 0.717) is 5.69 Å². The molecule has 1 aliphatic rings. The van der Waals surface area contributed by atoms with Crippen molar-refractivity contribution >= 4 is 23.2 Å². The highest BCUT2D eigenvalue weighted by Gasteiger charge is 2.20.